The van der Waals surface area contributed by atoms with Gasteiger partial charge in [-0.05, 0) is 30.3 Å². The number of ether oxygens (including phenoxy) is 2. The number of nitrogens with one attached hydrogen (secondary N) is 1. The number of carbonyl (C=O) groups is 1. The molecule has 0 aliphatic heterocycles. The van der Waals surface area contributed by atoms with Crippen LogP contribution in [0.4, 0.5) is 10.1 Å². The van der Waals surface area contributed by atoms with Crippen LogP contribution in [0.1, 0.15) is 10.4 Å². The van der Waals surface area contributed by atoms with Crippen molar-refractivity contribution < 1.29 is 18.7 Å². The second kappa shape index (κ2) is 7.49. The molecule has 0 spiro atoms. The van der Waals surface area contributed by atoms with Gasteiger partial charge in [0.05, 0.1) is 36.2 Å². The summed E-state index contributed by atoms with van der Waals surface area (Å²) in [7, 11) is 2.87. The maximum Gasteiger partial charge on any atom is 0.259 e. The molecular weight excluding hydrogens is 359 g/mol. The van der Waals surface area contributed by atoms with Crippen molar-refractivity contribution >= 4 is 23.2 Å². The second-order valence-corrected chi connectivity index (χ2v) is 5.80. The van der Waals surface area contributed by atoms with Crippen LogP contribution in [0.3, 0.4) is 0 Å². The molecule has 3 rings (SSSR count). The molecule has 0 aliphatic rings. The Morgan fingerprint density at radius 1 is 1.08 bits per heavy atom. The number of amides is 1. The van der Waals surface area contributed by atoms with Gasteiger partial charge in [-0.1, -0.05) is 11.6 Å². The Morgan fingerprint density at radius 3 is 2.42 bits per heavy atom. The van der Waals surface area contributed by atoms with E-state index in [0.29, 0.717) is 22.1 Å². The van der Waals surface area contributed by atoms with Gasteiger partial charge in [0.1, 0.15) is 17.3 Å². The van der Waals surface area contributed by atoms with Gasteiger partial charge in [-0.2, -0.15) is 0 Å². The molecular formula is C19H16ClFN2O3. The van der Waals surface area contributed by atoms with Crippen LogP contribution in [0.2, 0.25) is 5.02 Å². The van der Waals surface area contributed by atoms with Crippen LogP contribution in [0.15, 0.2) is 54.9 Å². The summed E-state index contributed by atoms with van der Waals surface area (Å²) in [6.45, 7) is 0. The number of methoxy groups -OCH3 is 2. The lowest BCUT2D eigenvalue weighted by atomic mass is 10.1. The number of anilines is 1. The quantitative estimate of drug-likeness (QED) is 0.713. The van der Waals surface area contributed by atoms with Crippen molar-refractivity contribution in [1.29, 1.82) is 0 Å². The molecule has 0 aliphatic carbocycles. The van der Waals surface area contributed by atoms with Crippen LogP contribution in [-0.2, 0) is 0 Å². The van der Waals surface area contributed by atoms with Crippen LogP contribution in [0.25, 0.3) is 5.69 Å². The minimum Gasteiger partial charge on any atom is -0.496 e. The Kier molecular flexibility index (Phi) is 5.14. The monoisotopic (exact) mass is 374 g/mol. The first-order valence-electron chi connectivity index (χ1n) is 7.69. The van der Waals surface area contributed by atoms with Crippen molar-refractivity contribution in [2.45, 2.75) is 0 Å². The fourth-order valence-corrected chi connectivity index (χ4v) is 2.80. The standard InChI is InChI=1S/C19H16ClFN2O3/c1-25-17-11-16(23-7-3-4-8-23)14(20)10-13(17)19(24)22-15-6-5-12(21)9-18(15)26-2/h3-11H,1-2H3,(H,22,24). The summed E-state index contributed by atoms with van der Waals surface area (Å²) in [4.78, 5) is 12.7. The summed E-state index contributed by atoms with van der Waals surface area (Å²) in [5.74, 6) is -0.340. The third-order valence-corrected chi connectivity index (χ3v) is 4.11. The van der Waals surface area contributed by atoms with E-state index in [0.717, 1.165) is 0 Å². The number of rotatable bonds is 5. The molecule has 0 fully saturated rings. The Balaban J connectivity index is 1.96. The molecule has 1 aromatic heterocycles. The van der Waals surface area contributed by atoms with Gasteiger partial charge in [-0.15, -0.1) is 0 Å². The van der Waals surface area contributed by atoms with Crippen LogP contribution < -0.4 is 14.8 Å². The number of nitrogens with zero attached hydrogens (tertiary/aromatic N) is 1. The van der Waals surface area contributed by atoms with Crippen molar-refractivity contribution in [3.8, 4) is 17.2 Å². The molecule has 0 radical (unpaired) electrons. The minimum absolute atomic E-state index is 0.215. The number of carbonyl (C=O) groups excluding carboxylic acids is 1. The van der Waals surface area contributed by atoms with E-state index in [1.54, 1.807) is 6.07 Å². The van der Waals surface area contributed by atoms with E-state index in [1.807, 2.05) is 29.1 Å². The number of aromatic nitrogens is 1. The molecule has 5 nitrogen and oxygen atoms in total. The van der Waals surface area contributed by atoms with E-state index in [9.17, 15) is 9.18 Å². The molecule has 1 N–H and O–H groups in total. The Labute approximate surface area is 154 Å². The lowest BCUT2D eigenvalue weighted by molar-refractivity contribution is 0.102. The van der Waals surface area contributed by atoms with Gasteiger partial charge >= 0.3 is 0 Å². The van der Waals surface area contributed by atoms with Crippen molar-refractivity contribution in [2.75, 3.05) is 19.5 Å². The average Bonchev–Trinajstić information content (AvgIpc) is 3.17. The van der Waals surface area contributed by atoms with E-state index in [4.69, 9.17) is 21.1 Å². The summed E-state index contributed by atoms with van der Waals surface area (Å²) >= 11 is 6.35. The molecule has 7 heteroatoms. The van der Waals surface area contributed by atoms with Gasteiger partial charge < -0.3 is 19.4 Å². The molecule has 2 aromatic carbocycles. The van der Waals surface area contributed by atoms with Gasteiger partial charge in [0.15, 0.2) is 0 Å². The van der Waals surface area contributed by atoms with Gasteiger partial charge in [0.25, 0.3) is 5.91 Å². The van der Waals surface area contributed by atoms with Crippen molar-refractivity contribution in [1.82, 2.24) is 4.57 Å². The second-order valence-electron chi connectivity index (χ2n) is 5.39. The fourth-order valence-electron chi connectivity index (χ4n) is 2.54. The van der Waals surface area contributed by atoms with Crippen molar-refractivity contribution in [2.24, 2.45) is 0 Å². The SMILES string of the molecule is COc1cc(F)ccc1NC(=O)c1cc(Cl)c(-n2cccc2)cc1OC. The number of hydrogen-bond donors (Lipinski definition) is 1. The molecule has 1 amide bonds. The van der Waals surface area contributed by atoms with Crippen molar-refractivity contribution in [3.05, 3.63) is 71.3 Å². The maximum atomic E-state index is 13.3. The highest BCUT2D eigenvalue weighted by atomic mass is 35.5. The van der Waals surface area contributed by atoms with E-state index >= 15 is 0 Å². The molecule has 0 unspecified atom stereocenters. The number of hydrogen-bond acceptors (Lipinski definition) is 3. The molecule has 26 heavy (non-hydrogen) atoms. The summed E-state index contributed by atoms with van der Waals surface area (Å²) in [6, 6.07) is 10.8. The van der Waals surface area contributed by atoms with Crippen LogP contribution >= 0.6 is 11.6 Å². The minimum atomic E-state index is -0.462. The highest BCUT2D eigenvalue weighted by molar-refractivity contribution is 6.33. The van der Waals surface area contributed by atoms with Gasteiger partial charge in [0.2, 0.25) is 0 Å². The first-order chi connectivity index (χ1) is 12.5. The lowest BCUT2D eigenvalue weighted by Crippen LogP contribution is -2.14. The first-order valence-corrected chi connectivity index (χ1v) is 8.07. The van der Waals surface area contributed by atoms with E-state index in [-0.39, 0.29) is 11.3 Å². The lowest BCUT2D eigenvalue weighted by Gasteiger charge is -2.15. The summed E-state index contributed by atoms with van der Waals surface area (Å²) in [5, 5.41) is 3.07. The Morgan fingerprint density at radius 2 is 1.77 bits per heavy atom. The van der Waals surface area contributed by atoms with Crippen LogP contribution in [0, 0.1) is 5.82 Å². The fraction of sp³-hybridized carbons (Fsp3) is 0.105. The Bertz CT molecular complexity index is 942. The molecule has 3 aromatic rings. The zero-order chi connectivity index (χ0) is 18.7. The maximum absolute atomic E-state index is 13.3. The number of halogens is 2. The van der Waals surface area contributed by atoms with Crippen molar-refractivity contribution in [3.63, 3.8) is 0 Å². The molecule has 0 saturated heterocycles. The zero-order valence-corrected chi connectivity index (χ0v) is 14.9. The van der Waals surface area contributed by atoms with Crippen LogP contribution in [0.5, 0.6) is 11.5 Å². The van der Waals surface area contributed by atoms with E-state index in [2.05, 4.69) is 5.32 Å². The molecule has 0 atom stereocenters. The molecule has 1 heterocycles. The largest absolute Gasteiger partial charge is 0.496 e. The van der Waals surface area contributed by atoms with Gasteiger partial charge in [-0.25, -0.2) is 4.39 Å². The molecule has 0 saturated carbocycles. The summed E-state index contributed by atoms with van der Waals surface area (Å²) in [5.41, 5.74) is 1.27. The zero-order valence-electron chi connectivity index (χ0n) is 14.1. The first kappa shape index (κ1) is 17.8. The third-order valence-electron chi connectivity index (χ3n) is 3.81. The topological polar surface area (TPSA) is 52.5 Å². The summed E-state index contributed by atoms with van der Waals surface area (Å²) in [6.07, 6.45) is 3.67. The van der Waals surface area contributed by atoms with E-state index < -0.39 is 11.7 Å². The van der Waals surface area contributed by atoms with Crippen LogP contribution in [-0.4, -0.2) is 24.7 Å². The number of benzene rings is 2. The smallest absolute Gasteiger partial charge is 0.259 e. The van der Waals surface area contributed by atoms with Gasteiger partial charge in [-0.3, -0.25) is 4.79 Å². The normalized spacial score (nSPS) is 10.5. The molecule has 134 valence electrons. The predicted molar refractivity (Wildman–Crippen MR) is 98.2 cm³/mol. The summed E-state index contributed by atoms with van der Waals surface area (Å²) < 4.78 is 25.6. The van der Waals surface area contributed by atoms with E-state index in [1.165, 1.54) is 38.5 Å². The predicted octanol–water partition coefficient (Wildman–Crippen LogP) is 4.54. The Hall–Kier alpha value is -2.99. The highest BCUT2D eigenvalue weighted by Crippen LogP contribution is 2.32. The average molecular weight is 375 g/mol. The molecule has 0 bridgehead atoms. The van der Waals surface area contributed by atoms with Gasteiger partial charge in [0, 0.05) is 24.5 Å². The third kappa shape index (κ3) is 3.50. The highest BCUT2D eigenvalue weighted by Gasteiger charge is 2.18.